The Morgan fingerprint density at radius 2 is 2.07 bits per heavy atom. The minimum absolute atomic E-state index is 0.0607. The molecule has 0 bridgehead atoms. The molecule has 2 heterocycles. The Kier molecular flexibility index (Phi) is 6.63. The average Bonchev–Trinajstić information content (AvgIpc) is 3.22. The fourth-order valence-electron chi connectivity index (χ4n) is 3.56. The van der Waals surface area contributed by atoms with Crippen LogP contribution in [0.15, 0.2) is 24.3 Å². The van der Waals surface area contributed by atoms with Gasteiger partial charge in [-0.25, -0.2) is 4.98 Å². The highest BCUT2D eigenvalue weighted by Gasteiger charge is 2.33. The van der Waals surface area contributed by atoms with Crippen molar-refractivity contribution in [1.29, 1.82) is 0 Å². The summed E-state index contributed by atoms with van der Waals surface area (Å²) in [6.07, 6.45) is 1.30. The zero-order chi connectivity index (χ0) is 19.4. The summed E-state index contributed by atoms with van der Waals surface area (Å²) in [5.74, 6) is 0.117. The van der Waals surface area contributed by atoms with Crippen LogP contribution in [-0.2, 0) is 20.7 Å². The molecule has 6 heteroatoms. The van der Waals surface area contributed by atoms with Crippen LogP contribution in [0, 0.1) is 13.8 Å². The van der Waals surface area contributed by atoms with Crippen LogP contribution < -0.4 is 0 Å². The van der Waals surface area contributed by atoms with Gasteiger partial charge in [0.1, 0.15) is 0 Å². The van der Waals surface area contributed by atoms with Crippen molar-refractivity contribution in [2.45, 2.75) is 45.8 Å². The number of ether oxygens (including phenoxy) is 2. The molecule has 2 atom stereocenters. The molecule has 0 N–H and O–H groups in total. The molecule has 0 spiro atoms. The highest BCUT2D eigenvalue weighted by atomic mass is 32.1. The van der Waals surface area contributed by atoms with Crippen LogP contribution in [0.25, 0.3) is 11.3 Å². The average molecular weight is 389 g/mol. The number of thiazole rings is 1. The normalized spacial score (nSPS) is 19.4. The molecule has 1 aromatic carbocycles. The number of aryl methyl sites for hydroxylation is 2. The minimum atomic E-state index is 0.0607. The Hall–Kier alpha value is -1.76. The van der Waals surface area contributed by atoms with Gasteiger partial charge in [-0.3, -0.25) is 4.79 Å². The number of carbonyl (C=O) groups excluding carboxylic acids is 1. The van der Waals surface area contributed by atoms with Crippen molar-refractivity contribution in [2.75, 3.05) is 26.9 Å². The van der Waals surface area contributed by atoms with Crippen LogP contribution in [0.1, 0.15) is 28.8 Å². The second-order valence-electron chi connectivity index (χ2n) is 7.06. The maximum atomic E-state index is 13.2. The molecule has 5 nitrogen and oxygen atoms in total. The van der Waals surface area contributed by atoms with Crippen molar-refractivity contribution in [3.8, 4) is 11.3 Å². The van der Waals surface area contributed by atoms with Gasteiger partial charge in [0.25, 0.3) is 0 Å². The smallest absolute Gasteiger partial charge is 0.228 e. The minimum Gasteiger partial charge on any atom is -0.383 e. The van der Waals surface area contributed by atoms with Gasteiger partial charge < -0.3 is 14.4 Å². The van der Waals surface area contributed by atoms with Crippen LogP contribution in [0.2, 0.25) is 0 Å². The molecule has 0 unspecified atom stereocenters. The summed E-state index contributed by atoms with van der Waals surface area (Å²) in [7, 11) is 1.67. The van der Waals surface area contributed by atoms with Crippen LogP contribution in [0.4, 0.5) is 0 Å². The number of hydrogen-bond donors (Lipinski definition) is 0. The zero-order valence-corrected chi connectivity index (χ0v) is 17.3. The molecule has 2 aromatic rings. The van der Waals surface area contributed by atoms with E-state index in [1.54, 1.807) is 18.4 Å². The molecule has 3 rings (SSSR count). The van der Waals surface area contributed by atoms with Gasteiger partial charge in [0.15, 0.2) is 0 Å². The summed E-state index contributed by atoms with van der Waals surface area (Å²) in [4.78, 5) is 20.9. The largest absolute Gasteiger partial charge is 0.383 e. The number of aromatic nitrogens is 1. The van der Waals surface area contributed by atoms with E-state index in [4.69, 9.17) is 14.5 Å². The maximum Gasteiger partial charge on any atom is 0.228 e. The number of methoxy groups -OCH3 is 1. The van der Waals surface area contributed by atoms with Crippen LogP contribution in [0.3, 0.4) is 0 Å². The lowest BCUT2D eigenvalue weighted by atomic mass is 10.1. The molecule has 1 aliphatic heterocycles. The van der Waals surface area contributed by atoms with Gasteiger partial charge in [-0.05, 0) is 27.2 Å². The fraction of sp³-hybridized carbons (Fsp3) is 0.524. The Labute approximate surface area is 165 Å². The molecule has 0 radical (unpaired) electrons. The Bertz CT molecular complexity index is 772. The first kappa shape index (κ1) is 20.0. The second-order valence-corrected chi connectivity index (χ2v) is 8.35. The van der Waals surface area contributed by atoms with Gasteiger partial charge in [0, 0.05) is 30.7 Å². The van der Waals surface area contributed by atoms with E-state index in [1.807, 2.05) is 18.7 Å². The predicted octanol–water partition coefficient (Wildman–Crippen LogP) is 3.62. The van der Waals surface area contributed by atoms with E-state index in [0.29, 0.717) is 26.2 Å². The van der Waals surface area contributed by atoms with Crippen molar-refractivity contribution in [1.82, 2.24) is 9.88 Å². The Morgan fingerprint density at radius 1 is 1.33 bits per heavy atom. The number of amides is 1. The summed E-state index contributed by atoms with van der Waals surface area (Å²) in [6.45, 7) is 7.92. The van der Waals surface area contributed by atoms with Crippen LogP contribution in [-0.4, -0.2) is 54.8 Å². The fourth-order valence-corrected chi connectivity index (χ4v) is 4.51. The molecule has 1 aliphatic rings. The van der Waals surface area contributed by atoms with Gasteiger partial charge in [0.05, 0.1) is 35.9 Å². The third-order valence-electron chi connectivity index (χ3n) is 5.03. The van der Waals surface area contributed by atoms with Gasteiger partial charge in [0.2, 0.25) is 5.91 Å². The summed E-state index contributed by atoms with van der Waals surface area (Å²) < 4.78 is 10.9. The van der Waals surface area contributed by atoms with Gasteiger partial charge in [-0.15, -0.1) is 11.3 Å². The lowest BCUT2D eigenvalue weighted by molar-refractivity contribution is -0.134. The summed E-state index contributed by atoms with van der Waals surface area (Å²) in [6, 6.07) is 8.43. The summed E-state index contributed by atoms with van der Waals surface area (Å²) >= 11 is 1.61. The molecule has 146 valence electrons. The monoisotopic (exact) mass is 388 g/mol. The number of rotatable bonds is 7. The molecule has 1 saturated heterocycles. The Balaban J connectivity index is 1.82. The molecule has 0 saturated carbocycles. The van der Waals surface area contributed by atoms with Gasteiger partial charge in [-0.1, -0.05) is 29.8 Å². The van der Waals surface area contributed by atoms with Gasteiger partial charge in [-0.2, -0.15) is 0 Å². The number of benzene rings is 1. The lowest BCUT2D eigenvalue weighted by Crippen LogP contribution is -2.46. The highest BCUT2D eigenvalue weighted by Crippen LogP contribution is 2.30. The quantitative estimate of drug-likeness (QED) is 0.727. The first-order valence-electron chi connectivity index (χ1n) is 9.43. The van der Waals surface area contributed by atoms with E-state index in [9.17, 15) is 4.79 Å². The third-order valence-corrected chi connectivity index (χ3v) is 6.01. The molecule has 1 fully saturated rings. The first-order chi connectivity index (χ1) is 13.0. The van der Waals surface area contributed by atoms with Crippen molar-refractivity contribution in [2.24, 2.45) is 0 Å². The van der Waals surface area contributed by atoms with E-state index in [1.165, 1.54) is 5.56 Å². The molecular formula is C21H28N2O3S. The Morgan fingerprint density at radius 3 is 2.70 bits per heavy atom. The molecular weight excluding hydrogens is 360 g/mol. The van der Waals surface area contributed by atoms with E-state index in [2.05, 4.69) is 31.2 Å². The lowest BCUT2D eigenvalue weighted by Gasteiger charge is -2.30. The standard InChI is InChI=1S/C21H28N2O3S/c1-14-5-7-17(8-6-14)21-19(27-16(3)22-21)13-20(24)23(10-12-25-4)18-9-11-26-15(18)2/h5-8,15,18H,9-13H2,1-4H3/t15-,18+/m1/s1. The summed E-state index contributed by atoms with van der Waals surface area (Å²) in [5, 5.41) is 0.981. The van der Waals surface area contributed by atoms with Crippen molar-refractivity contribution < 1.29 is 14.3 Å². The van der Waals surface area contributed by atoms with Crippen LogP contribution in [0.5, 0.6) is 0 Å². The molecule has 1 aromatic heterocycles. The molecule has 1 amide bonds. The van der Waals surface area contributed by atoms with Gasteiger partial charge >= 0.3 is 0 Å². The maximum absolute atomic E-state index is 13.2. The van der Waals surface area contributed by atoms with Crippen LogP contribution >= 0.6 is 11.3 Å². The third kappa shape index (κ3) is 4.75. The highest BCUT2D eigenvalue weighted by molar-refractivity contribution is 7.12. The predicted molar refractivity (Wildman–Crippen MR) is 108 cm³/mol. The first-order valence-corrected chi connectivity index (χ1v) is 10.2. The molecule has 27 heavy (non-hydrogen) atoms. The van der Waals surface area contributed by atoms with E-state index >= 15 is 0 Å². The van der Waals surface area contributed by atoms with E-state index in [0.717, 1.165) is 27.6 Å². The van der Waals surface area contributed by atoms with Crippen molar-refractivity contribution in [3.63, 3.8) is 0 Å². The van der Waals surface area contributed by atoms with E-state index < -0.39 is 0 Å². The second kappa shape index (κ2) is 8.95. The number of carbonyl (C=O) groups is 1. The SMILES string of the molecule is COCCN(C(=O)Cc1sc(C)nc1-c1ccc(C)cc1)[C@H]1CCO[C@@H]1C. The number of hydrogen-bond acceptors (Lipinski definition) is 5. The van der Waals surface area contributed by atoms with E-state index in [-0.39, 0.29) is 18.1 Å². The van der Waals surface area contributed by atoms with Crippen molar-refractivity contribution >= 4 is 17.2 Å². The summed E-state index contributed by atoms with van der Waals surface area (Å²) in [5.41, 5.74) is 3.20. The van der Waals surface area contributed by atoms with Crippen molar-refractivity contribution in [3.05, 3.63) is 39.7 Å². The number of nitrogens with zero attached hydrogens (tertiary/aromatic N) is 2. The molecule has 0 aliphatic carbocycles. The zero-order valence-electron chi connectivity index (χ0n) is 16.5. The topological polar surface area (TPSA) is 51.7 Å².